The molecular formula is H2CeCoO2Sb. The molecule has 5 heteroatoms. The zero-order chi connectivity index (χ0) is 2.71. The second kappa shape index (κ2) is 16.2. The molecule has 0 atom stereocenters. The van der Waals surface area contributed by atoms with Crippen molar-refractivity contribution in [2.45, 2.75) is 0 Å². The third kappa shape index (κ3) is 22.0. The third-order valence-corrected chi connectivity index (χ3v) is 0. The average molecular weight is 355 g/mol. The Morgan fingerprint density at radius 1 is 1.20 bits per heavy atom. The van der Waals surface area contributed by atoms with E-state index in [2.05, 4.69) is 0 Å². The molecule has 2 nitrogen and oxygen atoms in total. The maximum absolute atomic E-state index is 8.57. The second-order valence-electron chi connectivity index (χ2n) is 0.0833. The van der Waals surface area contributed by atoms with E-state index >= 15 is 0 Å². The molecule has 32 valence electrons. The molecule has 0 amide bonds. The fourth-order valence-corrected chi connectivity index (χ4v) is 0. The molecule has 0 spiro atoms. The van der Waals surface area contributed by atoms with Crippen LogP contribution < -0.4 is 0 Å². The standard InChI is InChI=1S/Ce.Co.2O.Sb.2H. The predicted molar refractivity (Wildman–Crippen MR) is 9.92 cm³/mol. The van der Waals surface area contributed by atoms with Crippen LogP contribution in [0.2, 0.25) is 0 Å². The van der Waals surface area contributed by atoms with Gasteiger partial charge in [0.25, 0.3) is 0 Å². The molecule has 0 unspecified atom stereocenters. The van der Waals surface area contributed by atoms with Gasteiger partial charge >= 0.3 is 64.1 Å². The molecule has 0 fully saturated rings. The van der Waals surface area contributed by atoms with Gasteiger partial charge in [-0.2, -0.15) is 0 Å². The molecule has 0 aromatic carbocycles. The van der Waals surface area contributed by atoms with Crippen LogP contribution in [0.15, 0.2) is 0 Å². The summed E-state index contributed by atoms with van der Waals surface area (Å²) in [5.41, 5.74) is 0. The van der Waals surface area contributed by atoms with Gasteiger partial charge in [0.05, 0.1) is 0 Å². The van der Waals surface area contributed by atoms with E-state index in [0.29, 0.717) is 0 Å². The molecule has 0 saturated heterocycles. The summed E-state index contributed by atoms with van der Waals surface area (Å²) < 4.78 is 17.1. The van der Waals surface area contributed by atoms with Crippen molar-refractivity contribution < 1.29 is 56.5 Å². The van der Waals surface area contributed by atoms with Gasteiger partial charge in [-0.05, 0) is 0 Å². The number of rotatable bonds is 0. The van der Waals surface area contributed by atoms with Gasteiger partial charge in [-0.3, -0.25) is 0 Å². The van der Waals surface area contributed by atoms with E-state index in [4.69, 9.17) is 1.88 Å². The first kappa shape index (κ1) is 15.7. The van der Waals surface area contributed by atoms with Crippen molar-refractivity contribution in [3.05, 3.63) is 0 Å². The van der Waals surface area contributed by atoms with Crippen LogP contribution in [0.1, 0.15) is 0 Å². The Balaban J connectivity index is -0.0000000200. The van der Waals surface area contributed by atoms with Crippen LogP contribution in [-0.2, 0) is 18.7 Å². The third-order valence-electron chi connectivity index (χ3n) is 0. The van der Waals surface area contributed by atoms with Gasteiger partial charge in [-0.25, -0.2) is 0 Å². The predicted octanol–water partition coefficient (Wildman–Crippen LogP) is -1.16. The Kier molecular flexibility index (Phi) is 50.9. The topological polar surface area (TPSA) is 34.1 Å². The first-order chi connectivity index (χ1) is 1.41. The van der Waals surface area contributed by atoms with Gasteiger partial charge < -0.3 is 0 Å². The molecule has 0 aromatic heterocycles. The molecule has 0 aliphatic heterocycles. The average Bonchev–Trinajstić information content (AvgIpc) is 0.918. The first-order valence-electron chi connectivity index (χ1n) is 0.408. The molecule has 0 heterocycles. The van der Waals surface area contributed by atoms with E-state index in [1.165, 1.54) is 0 Å². The molecule has 0 N–H and O–H groups in total. The van der Waals surface area contributed by atoms with E-state index in [1.807, 2.05) is 0 Å². The molecule has 0 aliphatic rings. The van der Waals surface area contributed by atoms with Crippen LogP contribution in [0.3, 0.4) is 0 Å². The summed E-state index contributed by atoms with van der Waals surface area (Å²) in [6.07, 6.45) is 0. The van der Waals surface area contributed by atoms with Gasteiger partial charge in [-0.1, -0.05) is 0 Å². The summed E-state index contributed by atoms with van der Waals surface area (Å²) in [6, 6.07) is 0. The Morgan fingerprint density at radius 2 is 1.20 bits per heavy atom. The zero-order valence-electron chi connectivity index (χ0n) is 2.23. The Hall–Kier alpha value is 2.30. The van der Waals surface area contributed by atoms with Gasteiger partial charge in [0.2, 0.25) is 0 Å². The van der Waals surface area contributed by atoms with Gasteiger partial charge in [0, 0.05) is 16.8 Å². The van der Waals surface area contributed by atoms with Gasteiger partial charge in [-0.15, -0.1) is 0 Å². The molecule has 0 bridgehead atoms. The monoisotopic (exact) mass is 354 g/mol. The number of hydrogen-bond donors (Lipinski definition) is 0. The van der Waals surface area contributed by atoms with Crippen molar-refractivity contribution >= 4 is 24.4 Å². The second-order valence-corrected chi connectivity index (χ2v) is 0.607. The van der Waals surface area contributed by atoms with Crippen molar-refractivity contribution in [1.29, 1.82) is 0 Å². The molecule has 5 heavy (non-hydrogen) atoms. The summed E-state index contributed by atoms with van der Waals surface area (Å²) >= 11 is -2.42. The van der Waals surface area contributed by atoms with Crippen molar-refractivity contribution in [2.24, 2.45) is 0 Å². The molecular weight excluding hydrogens is 353 g/mol. The molecule has 0 saturated carbocycles. The van der Waals surface area contributed by atoms with Gasteiger partial charge in [0.1, 0.15) is 0 Å². The zero-order valence-corrected chi connectivity index (χ0v) is 9.70. The van der Waals surface area contributed by atoms with Crippen LogP contribution in [0.4, 0.5) is 0 Å². The van der Waals surface area contributed by atoms with Crippen molar-refractivity contribution in [2.75, 3.05) is 0 Å². The quantitative estimate of drug-likeness (QED) is 0.515. The first-order valence-corrected chi connectivity index (χ1v) is 2.97. The minimum atomic E-state index is -2.42. The van der Waals surface area contributed by atoms with Gasteiger partial charge in [0.15, 0.2) is 0 Å². The molecule has 0 rings (SSSR count). The van der Waals surface area contributed by atoms with E-state index in [1.54, 1.807) is 0 Å². The van der Waals surface area contributed by atoms with E-state index < -0.39 is 37.8 Å². The van der Waals surface area contributed by atoms with Crippen LogP contribution in [-0.4, -0.2) is 24.4 Å². The SMILES string of the molecule is [Co].[O]=[Ce]=[O].[SbH2]. The summed E-state index contributed by atoms with van der Waals surface area (Å²) in [4.78, 5) is 0. The number of hydrogen-bond acceptors (Lipinski definition) is 2. The van der Waals surface area contributed by atoms with Crippen molar-refractivity contribution in [1.82, 2.24) is 0 Å². The van der Waals surface area contributed by atoms with Crippen LogP contribution >= 0.6 is 0 Å². The Labute approximate surface area is 79.1 Å². The minimum absolute atomic E-state index is 0. The molecule has 0 aliphatic carbocycles. The van der Waals surface area contributed by atoms with E-state index in [0.717, 1.165) is 0 Å². The van der Waals surface area contributed by atoms with E-state index in [9.17, 15) is 0 Å². The molecule has 2 radical (unpaired) electrons. The fourth-order valence-electron chi connectivity index (χ4n) is 0. The van der Waals surface area contributed by atoms with Crippen LogP contribution in [0.25, 0.3) is 0 Å². The summed E-state index contributed by atoms with van der Waals surface area (Å²) in [5.74, 6) is 0. The molecule has 0 aromatic rings. The van der Waals surface area contributed by atoms with Crippen LogP contribution in [0.5, 0.6) is 0 Å². The maximum atomic E-state index is 8.57. The summed E-state index contributed by atoms with van der Waals surface area (Å²) in [6.45, 7) is 0. The Morgan fingerprint density at radius 3 is 1.20 bits per heavy atom. The van der Waals surface area contributed by atoms with Crippen molar-refractivity contribution in [3.8, 4) is 0 Å². The van der Waals surface area contributed by atoms with Crippen LogP contribution in [0, 0.1) is 37.8 Å². The summed E-state index contributed by atoms with van der Waals surface area (Å²) in [5, 5.41) is 0. The fraction of sp³-hybridized carbons (Fsp3) is 0. The van der Waals surface area contributed by atoms with E-state index in [-0.39, 0.29) is 41.2 Å². The summed E-state index contributed by atoms with van der Waals surface area (Å²) in [7, 11) is 0. The van der Waals surface area contributed by atoms with Crippen molar-refractivity contribution in [3.63, 3.8) is 0 Å². The Bertz CT molecular complexity index is 30.6. The normalized spacial score (nSPS) is 1.60.